The van der Waals surface area contributed by atoms with Crippen LogP contribution in [0.2, 0.25) is 5.15 Å². The quantitative estimate of drug-likeness (QED) is 0.851. The number of aromatic nitrogens is 2. The van der Waals surface area contributed by atoms with Gasteiger partial charge in [-0.05, 0) is 35.3 Å². The van der Waals surface area contributed by atoms with Gasteiger partial charge >= 0.3 is 5.97 Å². The zero-order valence-electron chi connectivity index (χ0n) is 11.1. The van der Waals surface area contributed by atoms with Gasteiger partial charge in [-0.2, -0.15) is 0 Å². The van der Waals surface area contributed by atoms with Gasteiger partial charge in [-0.1, -0.05) is 18.5 Å². The number of likely N-dealkylation sites (N-methyl/N-ethyl adjacent to an activating group) is 1. The number of carboxylic acid groups (broad SMARTS) is 1. The van der Waals surface area contributed by atoms with E-state index in [0.29, 0.717) is 48.1 Å². The topological polar surface area (TPSA) is 78.4 Å². The summed E-state index contributed by atoms with van der Waals surface area (Å²) in [6, 6.07) is 0. The molecule has 2 N–H and O–H groups in total. The molecular weight excluding hydrogens is 348 g/mol. The maximum atomic E-state index is 11.5. The van der Waals surface area contributed by atoms with Crippen molar-refractivity contribution in [3.05, 3.63) is 16.0 Å². The van der Waals surface area contributed by atoms with Gasteiger partial charge < -0.3 is 15.3 Å². The van der Waals surface area contributed by atoms with Crippen LogP contribution in [0.5, 0.6) is 0 Å². The van der Waals surface area contributed by atoms with Gasteiger partial charge in [0.05, 0.1) is 6.20 Å². The van der Waals surface area contributed by atoms with Crippen molar-refractivity contribution in [2.75, 3.05) is 24.5 Å². The van der Waals surface area contributed by atoms with Crippen LogP contribution in [0, 0.1) is 0 Å². The van der Waals surface area contributed by atoms with Crippen LogP contribution >= 0.6 is 27.5 Å². The summed E-state index contributed by atoms with van der Waals surface area (Å²) < 4.78 is 0.507. The molecule has 0 unspecified atom stereocenters. The van der Waals surface area contributed by atoms with Crippen molar-refractivity contribution in [1.29, 1.82) is 0 Å². The number of carboxylic acids is 1. The Balaban J connectivity index is 2.10. The highest BCUT2D eigenvalue weighted by molar-refractivity contribution is 9.10. The average molecular weight is 364 g/mol. The summed E-state index contributed by atoms with van der Waals surface area (Å²) in [4.78, 5) is 21.8. The molecule has 1 aromatic rings. The second-order valence-corrected chi connectivity index (χ2v) is 5.82. The summed E-state index contributed by atoms with van der Waals surface area (Å²) >= 11 is 9.13. The van der Waals surface area contributed by atoms with E-state index in [9.17, 15) is 9.90 Å². The molecule has 1 aromatic heterocycles. The summed E-state index contributed by atoms with van der Waals surface area (Å²) in [5.41, 5.74) is -0.835. The molecule has 0 radical (unpaired) electrons. The van der Waals surface area contributed by atoms with Crippen molar-refractivity contribution in [3.8, 4) is 0 Å². The minimum Gasteiger partial charge on any atom is -0.480 e. The Hall–Kier alpha value is -0.920. The maximum absolute atomic E-state index is 11.5. The fourth-order valence-corrected chi connectivity index (χ4v) is 2.74. The van der Waals surface area contributed by atoms with E-state index in [0.717, 1.165) is 0 Å². The normalized spacial score (nSPS) is 18.1. The van der Waals surface area contributed by atoms with Gasteiger partial charge in [-0.25, -0.2) is 9.97 Å². The van der Waals surface area contributed by atoms with Gasteiger partial charge in [-0.15, -0.1) is 0 Å². The number of nitrogens with zero attached hydrogens (tertiary/aromatic N) is 3. The Labute approximate surface area is 130 Å². The molecule has 0 bridgehead atoms. The summed E-state index contributed by atoms with van der Waals surface area (Å²) in [7, 11) is 0. The molecule has 20 heavy (non-hydrogen) atoms. The molecule has 8 heteroatoms. The molecule has 1 fully saturated rings. The molecule has 0 amide bonds. The lowest BCUT2D eigenvalue weighted by Gasteiger charge is -2.39. The molecule has 0 spiro atoms. The van der Waals surface area contributed by atoms with E-state index in [2.05, 4.69) is 31.2 Å². The van der Waals surface area contributed by atoms with Crippen LogP contribution in [-0.2, 0) is 4.79 Å². The fourth-order valence-electron chi connectivity index (χ4n) is 2.42. The number of aliphatic carboxylic acids is 1. The van der Waals surface area contributed by atoms with Crippen molar-refractivity contribution in [2.45, 2.75) is 25.3 Å². The van der Waals surface area contributed by atoms with Crippen LogP contribution in [-0.4, -0.2) is 46.2 Å². The van der Waals surface area contributed by atoms with Crippen molar-refractivity contribution >= 4 is 39.3 Å². The number of rotatable bonds is 4. The molecule has 0 aromatic carbocycles. The van der Waals surface area contributed by atoms with Crippen molar-refractivity contribution < 1.29 is 9.90 Å². The van der Waals surface area contributed by atoms with E-state index in [-0.39, 0.29) is 0 Å². The smallest absolute Gasteiger partial charge is 0.324 e. The molecule has 1 aliphatic rings. The Bertz CT molecular complexity index is 506. The molecule has 0 saturated carbocycles. The number of carbonyl (C=O) groups is 1. The van der Waals surface area contributed by atoms with Gasteiger partial charge in [0.1, 0.15) is 16.0 Å². The number of piperidine rings is 1. The second-order valence-electron chi connectivity index (χ2n) is 4.71. The first-order valence-corrected chi connectivity index (χ1v) is 7.57. The van der Waals surface area contributed by atoms with Gasteiger partial charge in [0.2, 0.25) is 0 Å². The number of nitrogens with one attached hydrogen (secondary N) is 1. The van der Waals surface area contributed by atoms with E-state index < -0.39 is 11.5 Å². The third-order valence-electron chi connectivity index (χ3n) is 3.54. The van der Waals surface area contributed by atoms with Crippen molar-refractivity contribution in [1.82, 2.24) is 15.3 Å². The minimum atomic E-state index is -0.835. The summed E-state index contributed by atoms with van der Waals surface area (Å²) in [5, 5.41) is 12.8. The molecule has 6 nitrogen and oxygen atoms in total. The van der Waals surface area contributed by atoms with Crippen LogP contribution < -0.4 is 10.2 Å². The predicted molar refractivity (Wildman–Crippen MR) is 80.2 cm³/mol. The van der Waals surface area contributed by atoms with Crippen LogP contribution in [0.4, 0.5) is 5.82 Å². The molecule has 2 rings (SSSR count). The lowest BCUT2D eigenvalue weighted by molar-refractivity contribution is -0.145. The maximum Gasteiger partial charge on any atom is 0.324 e. The lowest BCUT2D eigenvalue weighted by atomic mass is 9.87. The molecule has 110 valence electrons. The third-order valence-corrected chi connectivity index (χ3v) is 4.61. The summed E-state index contributed by atoms with van der Waals surface area (Å²) in [6.07, 6.45) is 2.67. The molecule has 0 aliphatic carbocycles. The van der Waals surface area contributed by atoms with E-state index >= 15 is 0 Å². The van der Waals surface area contributed by atoms with E-state index in [1.807, 2.05) is 11.8 Å². The molecule has 2 heterocycles. The van der Waals surface area contributed by atoms with Crippen molar-refractivity contribution in [3.63, 3.8) is 0 Å². The Morgan fingerprint density at radius 1 is 1.60 bits per heavy atom. The standard InChI is InChI=1S/C12H16BrClN4O2/c1-2-16-12(11(19)20)3-5-18(6-4-12)8-7-15-9(13)10(14)17-8/h7,16H,2-6H2,1H3,(H,19,20). The van der Waals surface area contributed by atoms with E-state index in [4.69, 9.17) is 11.6 Å². The summed E-state index contributed by atoms with van der Waals surface area (Å²) in [6.45, 7) is 3.76. The lowest BCUT2D eigenvalue weighted by Crippen LogP contribution is -2.58. The average Bonchev–Trinajstić information content (AvgIpc) is 2.43. The van der Waals surface area contributed by atoms with Crippen LogP contribution in [0.15, 0.2) is 10.8 Å². The first-order valence-electron chi connectivity index (χ1n) is 6.40. The van der Waals surface area contributed by atoms with Gasteiger partial charge in [0.15, 0.2) is 5.15 Å². The Morgan fingerprint density at radius 2 is 2.25 bits per heavy atom. The highest BCUT2D eigenvalue weighted by atomic mass is 79.9. The fraction of sp³-hybridized carbons (Fsp3) is 0.583. The zero-order valence-corrected chi connectivity index (χ0v) is 13.4. The van der Waals surface area contributed by atoms with Crippen LogP contribution in [0.3, 0.4) is 0 Å². The van der Waals surface area contributed by atoms with Crippen LogP contribution in [0.1, 0.15) is 19.8 Å². The van der Waals surface area contributed by atoms with Gasteiger partial charge in [0.25, 0.3) is 0 Å². The molecule has 1 saturated heterocycles. The molecule has 1 aliphatic heterocycles. The first kappa shape index (κ1) is 15.5. The SMILES string of the molecule is CCNC1(C(=O)O)CCN(c2cnc(Br)c(Cl)n2)CC1. The minimum absolute atomic E-state index is 0.309. The Morgan fingerprint density at radius 3 is 2.75 bits per heavy atom. The summed E-state index contributed by atoms with van der Waals surface area (Å²) in [5.74, 6) is -0.118. The highest BCUT2D eigenvalue weighted by Gasteiger charge is 2.41. The predicted octanol–water partition coefficient (Wildman–Crippen LogP) is 1.93. The largest absolute Gasteiger partial charge is 0.480 e. The monoisotopic (exact) mass is 362 g/mol. The zero-order chi connectivity index (χ0) is 14.8. The molecular formula is C12H16BrClN4O2. The van der Waals surface area contributed by atoms with Crippen molar-refractivity contribution in [2.24, 2.45) is 0 Å². The van der Waals surface area contributed by atoms with E-state index in [1.165, 1.54) is 0 Å². The van der Waals surface area contributed by atoms with E-state index in [1.54, 1.807) is 6.20 Å². The third kappa shape index (κ3) is 3.05. The highest BCUT2D eigenvalue weighted by Crippen LogP contribution is 2.27. The first-order chi connectivity index (χ1) is 9.48. The van der Waals surface area contributed by atoms with Gasteiger partial charge in [-0.3, -0.25) is 4.79 Å². The number of hydrogen-bond donors (Lipinski definition) is 2. The number of anilines is 1. The number of halogens is 2. The number of hydrogen-bond acceptors (Lipinski definition) is 5. The Kier molecular flexibility index (Phi) is 4.82. The van der Waals surface area contributed by atoms with Crippen LogP contribution in [0.25, 0.3) is 0 Å². The molecule has 0 atom stereocenters. The second kappa shape index (κ2) is 6.24. The van der Waals surface area contributed by atoms with Gasteiger partial charge in [0, 0.05) is 13.1 Å².